The highest BCUT2D eigenvalue weighted by atomic mass is 16.2. The molecule has 31 heavy (non-hydrogen) atoms. The summed E-state index contributed by atoms with van der Waals surface area (Å²) in [4.78, 5) is 33.5. The van der Waals surface area contributed by atoms with Gasteiger partial charge in [-0.2, -0.15) is 0 Å². The van der Waals surface area contributed by atoms with Gasteiger partial charge in [0.25, 0.3) is 0 Å². The summed E-state index contributed by atoms with van der Waals surface area (Å²) in [6.45, 7) is 6.50. The molecule has 1 atom stereocenters. The van der Waals surface area contributed by atoms with Crippen LogP contribution in [-0.2, 0) is 16.0 Å². The van der Waals surface area contributed by atoms with Crippen LogP contribution < -0.4 is 5.32 Å². The van der Waals surface area contributed by atoms with E-state index < -0.39 is 0 Å². The number of hydrogen-bond donors (Lipinski definition) is 1. The Morgan fingerprint density at radius 1 is 1.16 bits per heavy atom. The third-order valence-corrected chi connectivity index (χ3v) is 6.14. The summed E-state index contributed by atoms with van der Waals surface area (Å²) in [6.07, 6.45) is 5.01. The predicted molar refractivity (Wildman–Crippen MR) is 123 cm³/mol. The molecule has 1 aromatic heterocycles. The van der Waals surface area contributed by atoms with Crippen LogP contribution in [0.5, 0.6) is 0 Å². The van der Waals surface area contributed by atoms with E-state index in [0.717, 1.165) is 55.7 Å². The van der Waals surface area contributed by atoms with Crippen molar-refractivity contribution >= 4 is 11.8 Å². The van der Waals surface area contributed by atoms with Crippen molar-refractivity contribution in [2.24, 2.45) is 0 Å². The molecule has 0 saturated carbocycles. The lowest BCUT2D eigenvalue weighted by Crippen LogP contribution is -2.46. The van der Waals surface area contributed by atoms with E-state index in [2.05, 4.69) is 21.3 Å². The molecule has 2 amide bonds. The Balaban J connectivity index is 1.50. The molecule has 1 saturated heterocycles. The number of piperidine rings is 1. The zero-order valence-electron chi connectivity index (χ0n) is 18.9. The number of benzene rings is 1. The molecule has 6 nitrogen and oxygen atoms in total. The van der Waals surface area contributed by atoms with Gasteiger partial charge in [-0.3, -0.25) is 14.6 Å². The van der Waals surface area contributed by atoms with Crippen molar-refractivity contribution in [3.05, 3.63) is 65.5 Å². The third-order valence-electron chi connectivity index (χ3n) is 6.14. The van der Waals surface area contributed by atoms with Crippen LogP contribution in [0.25, 0.3) is 0 Å². The van der Waals surface area contributed by atoms with E-state index in [1.165, 1.54) is 6.92 Å². The third kappa shape index (κ3) is 6.89. The summed E-state index contributed by atoms with van der Waals surface area (Å²) in [5, 5.41) is 2.94. The van der Waals surface area contributed by atoms with Crippen molar-refractivity contribution in [1.29, 1.82) is 0 Å². The first kappa shape index (κ1) is 22.9. The van der Waals surface area contributed by atoms with Gasteiger partial charge in [0.15, 0.2) is 0 Å². The zero-order chi connectivity index (χ0) is 22.2. The van der Waals surface area contributed by atoms with Crippen LogP contribution in [0.3, 0.4) is 0 Å². The standard InChI is InChI=1S/C25H34N4O2/c1-19-7-9-21(10-8-19)24(27-20(2)30)18-25(31)28(3)23-12-16-29(17-13-23)15-11-22-6-4-5-14-26-22/h4-10,14,23-24H,11-13,15-18H2,1-3H3,(H,27,30). The Hall–Kier alpha value is -2.73. The van der Waals surface area contributed by atoms with E-state index in [1.54, 1.807) is 0 Å². The largest absolute Gasteiger partial charge is 0.349 e. The molecule has 1 aromatic carbocycles. The lowest BCUT2D eigenvalue weighted by Gasteiger charge is -2.37. The monoisotopic (exact) mass is 422 g/mol. The molecular formula is C25H34N4O2. The molecule has 1 aliphatic rings. The lowest BCUT2D eigenvalue weighted by atomic mass is 9.99. The number of aryl methyl sites for hydroxylation is 1. The first-order valence-corrected chi connectivity index (χ1v) is 11.1. The number of likely N-dealkylation sites (tertiary alicyclic amines) is 1. The van der Waals surface area contributed by atoms with E-state index >= 15 is 0 Å². The van der Waals surface area contributed by atoms with Crippen LogP contribution in [0, 0.1) is 6.92 Å². The maximum atomic E-state index is 13.0. The fourth-order valence-corrected chi connectivity index (χ4v) is 4.17. The quantitative estimate of drug-likeness (QED) is 0.710. The van der Waals surface area contributed by atoms with E-state index in [4.69, 9.17) is 0 Å². The Labute approximate surface area is 185 Å². The first-order valence-electron chi connectivity index (χ1n) is 11.1. The Morgan fingerprint density at radius 2 is 1.87 bits per heavy atom. The predicted octanol–water partition coefficient (Wildman–Crippen LogP) is 3.12. The fraction of sp³-hybridized carbons (Fsp3) is 0.480. The van der Waals surface area contributed by atoms with Crippen LogP contribution in [0.1, 0.15) is 49.0 Å². The Bertz CT molecular complexity index is 846. The van der Waals surface area contributed by atoms with Gasteiger partial charge in [0, 0.05) is 58.0 Å². The summed E-state index contributed by atoms with van der Waals surface area (Å²) >= 11 is 0. The second-order valence-electron chi connectivity index (χ2n) is 8.52. The van der Waals surface area contributed by atoms with E-state index in [9.17, 15) is 9.59 Å². The minimum atomic E-state index is -0.300. The Kier molecular flexibility index (Phi) is 8.18. The number of nitrogens with one attached hydrogen (secondary N) is 1. The van der Waals surface area contributed by atoms with Gasteiger partial charge in [0.2, 0.25) is 11.8 Å². The lowest BCUT2D eigenvalue weighted by molar-refractivity contribution is -0.133. The minimum Gasteiger partial charge on any atom is -0.349 e. The molecule has 0 spiro atoms. The van der Waals surface area contributed by atoms with Crippen molar-refractivity contribution in [2.75, 3.05) is 26.7 Å². The van der Waals surface area contributed by atoms with Crippen molar-refractivity contribution in [3.63, 3.8) is 0 Å². The number of carbonyl (C=O) groups excluding carboxylic acids is 2. The van der Waals surface area contributed by atoms with Gasteiger partial charge >= 0.3 is 0 Å². The van der Waals surface area contributed by atoms with Gasteiger partial charge in [0.05, 0.1) is 12.5 Å². The van der Waals surface area contributed by atoms with Gasteiger partial charge in [0.1, 0.15) is 0 Å². The van der Waals surface area contributed by atoms with Gasteiger partial charge in [-0.25, -0.2) is 0 Å². The normalized spacial score (nSPS) is 16.0. The van der Waals surface area contributed by atoms with Gasteiger partial charge < -0.3 is 15.1 Å². The van der Waals surface area contributed by atoms with Crippen molar-refractivity contribution in [3.8, 4) is 0 Å². The highest BCUT2D eigenvalue weighted by Crippen LogP contribution is 2.22. The molecular weight excluding hydrogens is 388 g/mol. The minimum absolute atomic E-state index is 0.0752. The summed E-state index contributed by atoms with van der Waals surface area (Å²) in [5.41, 5.74) is 3.24. The van der Waals surface area contributed by atoms with Crippen molar-refractivity contribution in [2.45, 2.75) is 51.6 Å². The summed E-state index contributed by atoms with van der Waals surface area (Å²) in [6, 6.07) is 14.0. The van der Waals surface area contributed by atoms with E-state index in [-0.39, 0.29) is 30.3 Å². The molecule has 1 N–H and O–H groups in total. The molecule has 6 heteroatoms. The number of nitrogens with zero attached hydrogens (tertiary/aromatic N) is 3. The SMILES string of the molecule is CC(=O)NC(CC(=O)N(C)C1CCN(CCc2ccccn2)CC1)c1ccc(C)cc1. The summed E-state index contributed by atoms with van der Waals surface area (Å²) < 4.78 is 0. The molecule has 0 radical (unpaired) electrons. The van der Waals surface area contributed by atoms with Crippen LogP contribution >= 0.6 is 0 Å². The number of pyridine rings is 1. The van der Waals surface area contributed by atoms with Crippen LogP contribution in [0.15, 0.2) is 48.7 Å². The number of rotatable bonds is 8. The van der Waals surface area contributed by atoms with Crippen molar-refractivity contribution in [1.82, 2.24) is 20.1 Å². The second-order valence-corrected chi connectivity index (χ2v) is 8.52. The maximum Gasteiger partial charge on any atom is 0.224 e. The van der Waals surface area contributed by atoms with Gasteiger partial charge in [-0.15, -0.1) is 0 Å². The average Bonchev–Trinajstić information content (AvgIpc) is 2.78. The molecule has 2 heterocycles. The Morgan fingerprint density at radius 3 is 2.48 bits per heavy atom. The average molecular weight is 423 g/mol. The summed E-state index contributed by atoms with van der Waals surface area (Å²) in [5.74, 6) is -0.0477. The smallest absolute Gasteiger partial charge is 0.224 e. The molecule has 1 aliphatic heterocycles. The van der Waals surface area contributed by atoms with Crippen LogP contribution in [-0.4, -0.2) is 59.3 Å². The summed E-state index contributed by atoms with van der Waals surface area (Å²) in [7, 11) is 1.90. The van der Waals surface area contributed by atoms with E-state index in [0.29, 0.717) is 0 Å². The number of hydrogen-bond acceptors (Lipinski definition) is 4. The van der Waals surface area contributed by atoms with Crippen molar-refractivity contribution < 1.29 is 9.59 Å². The maximum absolute atomic E-state index is 13.0. The molecule has 0 bridgehead atoms. The molecule has 0 aliphatic carbocycles. The highest BCUT2D eigenvalue weighted by Gasteiger charge is 2.27. The van der Waals surface area contributed by atoms with Crippen LogP contribution in [0.2, 0.25) is 0 Å². The topological polar surface area (TPSA) is 65.5 Å². The van der Waals surface area contributed by atoms with Gasteiger partial charge in [-0.05, 0) is 37.5 Å². The number of amides is 2. The molecule has 166 valence electrons. The molecule has 1 fully saturated rings. The highest BCUT2D eigenvalue weighted by molar-refractivity contribution is 5.79. The molecule has 2 aromatic rings. The molecule has 1 unspecified atom stereocenters. The van der Waals surface area contributed by atoms with Gasteiger partial charge in [-0.1, -0.05) is 35.9 Å². The fourth-order valence-electron chi connectivity index (χ4n) is 4.17. The molecule has 3 rings (SSSR count). The van der Waals surface area contributed by atoms with Crippen LogP contribution in [0.4, 0.5) is 0 Å². The first-order chi connectivity index (χ1) is 14.9. The number of aromatic nitrogens is 1. The zero-order valence-corrected chi connectivity index (χ0v) is 18.9. The second kappa shape index (κ2) is 11.0. The van der Waals surface area contributed by atoms with E-state index in [1.807, 2.05) is 61.5 Å². The number of carbonyl (C=O) groups is 2.